The Kier molecular flexibility index (Phi) is 4.85. The van der Waals surface area contributed by atoms with E-state index in [2.05, 4.69) is 21.7 Å². The lowest BCUT2D eigenvalue weighted by Crippen LogP contribution is -2.45. The molecule has 2 heterocycles. The molecule has 0 bridgehead atoms. The SMILES string of the molecule is C[C@H](NC(=O)c1cc2ccccc2o1)C(=O)NCCc1c[nH]c2ccccc12. The second-order valence-corrected chi connectivity index (χ2v) is 6.74. The summed E-state index contributed by atoms with van der Waals surface area (Å²) in [5.41, 5.74) is 2.87. The van der Waals surface area contributed by atoms with Crippen molar-refractivity contribution in [1.82, 2.24) is 15.6 Å². The van der Waals surface area contributed by atoms with Crippen LogP contribution in [0.2, 0.25) is 0 Å². The highest BCUT2D eigenvalue weighted by Crippen LogP contribution is 2.19. The number of aromatic amines is 1. The lowest BCUT2D eigenvalue weighted by Gasteiger charge is -2.13. The summed E-state index contributed by atoms with van der Waals surface area (Å²) in [6.45, 7) is 2.15. The number of furan rings is 1. The summed E-state index contributed by atoms with van der Waals surface area (Å²) in [7, 11) is 0. The van der Waals surface area contributed by atoms with Crippen molar-refractivity contribution in [1.29, 1.82) is 0 Å². The van der Waals surface area contributed by atoms with Crippen molar-refractivity contribution in [2.75, 3.05) is 6.54 Å². The fourth-order valence-electron chi connectivity index (χ4n) is 3.24. The number of hydrogen-bond acceptors (Lipinski definition) is 3. The van der Waals surface area contributed by atoms with Crippen LogP contribution in [0.5, 0.6) is 0 Å². The number of rotatable bonds is 6. The van der Waals surface area contributed by atoms with Crippen molar-refractivity contribution in [2.45, 2.75) is 19.4 Å². The van der Waals surface area contributed by atoms with Crippen LogP contribution in [-0.2, 0) is 11.2 Å². The van der Waals surface area contributed by atoms with Crippen molar-refractivity contribution >= 4 is 33.7 Å². The number of fused-ring (bicyclic) bond motifs is 2. The van der Waals surface area contributed by atoms with E-state index in [1.54, 1.807) is 19.1 Å². The highest BCUT2D eigenvalue weighted by Gasteiger charge is 2.19. The Labute approximate surface area is 161 Å². The minimum Gasteiger partial charge on any atom is -0.451 e. The van der Waals surface area contributed by atoms with Crippen molar-refractivity contribution in [3.8, 4) is 0 Å². The van der Waals surface area contributed by atoms with Gasteiger partial charge in [0.1, 0.15) is 11.6 Å². The van der Waals surface area contributed by atoms with Gasteiger partial charge in [0, 0.05) is 29.0 Å². The molecule has 2 aromatic heterocycles. The van der Waals surface area contributed by atoms with E-state index in [0.717, 1.165) is 21.9 Å². The van der Waals surface area contributed by atoms with Crippen LogP contribution in [0.15, 0.2) is 65.2 Å². The van der Waals surface area contributed by atoms with Gasteiger partial charge >= 0.3 is 0 Å². The van der Waals surface area contributed by atoms with Gasteiger partial charge in [0.25, 0.3) is 5.91 Å². The Balaban J connectivity index is 1.31. The molecule has 28 heavy (non-hydrogen) atoms. The predicted molar refractivity (Wildman–Crippen MR) is 108 cm³/mol. The van der Waals surface area contributed by atoms with Crippen LogP contribution in [0.1, 0.15) is 23.0 Å². The number of benzene rings is 2. The minimum absolute atomic E-state index is 0.194. The molecule has 0 spiro atoms. The molecule has 4 rings (SSSR count). The summed E-state index contributed by atoms with van der Waals surface area (Å²) in [5.74, 6) is -0.445. The second-order valence-electron chi connectivity index (χ2n) is 6.74. The first-order chi connectivity index (χ1) is 13.6. The number of hydrogen-bond donors (Lipinski definition) is 3. The van der Waals surface area contributed by atoms with E-state index in [9.17, 15) is 9.59 Å². The second kappa shape index (κ2) is 7.60. The van der Waals surface area contributed by atoms with E-state index in [4.69, 9.17) is 4.42 Å². The summed E-state index contributed by atoms with van der Waals surface area (Å²) in [6.07, 6.45) is 2.67. The molecule has 0 aliphatic heterocycles. The Morgan fingerprint density at radius 3 is 2.75 bits per heavy atom. The van der Waals surface area contributed by atoms with Gasteiger partial charge in [-0.3, -0.25) is 9.59 Å². The molecular formula is C22H21N3O3. The van der Waals surface area contributed by atoms with Gasteiger partial charge in [-0.25, -0.2) is 0 Å². The van der Waals surface area contributed by atoms with Gasteiger partial charge < -0.3 is 20.0 Å². The normalized spacial score (nSPS) is 12.2. The number of amides is 2. The standard InChI is InChI=1S/C22H21N3O3/c1-14(25-22(27)20-12-15-6-2-5-9-19(15)28-20)21(26)23-11-10-16-13-24-18-8-4-3-7-17(16)18/h2-9,12-14,24H,10-11H2,1H3,(H,23,26)(H,25,27)/t14-/m0/s1. The summed E-state index contributed by atoms with van der Waals surface area (Å²) in [6, 6.07) is 16.5. The molecule has 6 nitrogen and oxygen atoms in total. The lowest BCUT2D eigenvalue weighted by molar-refractivity contribution is -0.122. The van der Waals surface area contributed by atoms with Crippen molar-refractivity contribution in [2.24, 2.45) is 0 Å². The van der Waals surface area contributed by atoms with Crippen LogP contribution >= 0.6 is 0 Å². The highest BCUT2D eigenvalue weighted by atomic mass is 16.3. The van der Waals surface area contributed by atoms with Crippen LogP contribution in [0.25, 0.3) is 21.9 Å². The molecule has 0 saturated heterocycles. The van der Waals surface area contributed by atoms with E-state index in [-0.39, 0.29) is 11.7 Å². The number of aromatic nitrogens is 1. The maximum absolute atomic E-state index is 12.3. The molecule has 0 aliphatic carbocycles. The summed E-state index contributed by atoms with van der Waals surface area (Å²) in [5, 5.41) is 7.56. The first kappa shape index (κ1) is 17.9. The third kappa shape index (κ3) is 3.62. The highest BCUT2D eigenvalue weighted by molar-refractivity contribution is 5.98. The molecule has 0 aliphatic rings. The van der Waals surface area contributed by atoms with Gasteiger partial charge in [-0.2, -0.15) is 0 Å². The van der Waals surface area contributed by atoms with Gasteiger partial charge in [0.2, 0.25) is 5.91 Å². The molecule has 2 amide bonds. The van der Waals surface area contributed by atoms with Gasteiger partial charge in [0.05, 0.1) is 0 Å². The maximum atomic E-state index is 12.3. The first-order valence-corrected chi connectivity index (χ1v) is 9.24. The number of H-pyrrole nitrogens is 1. The van der Waals surface area contributed by atoms with Crippen LogP contribution in [0.4, 0.5) is 0 Å². The predicted octanol–water partition coefficient (Wildman–Crippen LogP) is 3.39. The molecule has 0 unspecified atom stereocenters. The first-order valence-electron chi connectivity index (χ1n) is 9.24. The molecule has 6 heteroatoms. The largest absolute Gasteiger partial charge is 0.451 e. The number of carbonyl (C=O) groups is 2. The van der Waals surface area contributed by atoms with Crippen LogP contribution in [-0.4, -0.2) is 29.4 Å². The Morgan fingerprint density at radius 2 is 1.89 bits per heavy atom. The van der Waals surface area contributed by atoms with Crippen LogP contribution < -0.4 is 10.6 Å². The molecule has 142 valence electrons. The Hall–Kier alpha value is -3.54. The molecule has 0 radical (unpaired) electrons. The smallest absolute Gasteiger partial charge is 0.287 e. The van der Waals surface area contributed by atoms with E-state index >= 15 is 0 Å². The van der Waals surface area contributed by atoms with Crippen molar-refractivity contribution in [3.05, 3.63) is 72.1 Å². The molecular weight excluding hydrogens is 354 g/mol. The third-order valence-corrected chi connectivity index (χ3v) is 4.76. The molecule has 0 saturated carbocycles. The van der Waals surface area contributed by atoms with Crippen molar-refractivity contribution in [3.63, 3.8) is 0 Å². The summed E-state index contributed by atoms with van der Waals surface area (Å²) in [4.78, 5) is 27.9. The summed E-state index contributed by atoms with van der Waals surface area (Å²) >= 11 is 0. The van der Waals surface area contributed by atoms with E-state index in [1.165, 1.54) is 0 Å². The molecule has 0 fully saturated rings. The zero-order valence-electron chi connectivity index (χ0n) is 15.5. The number of para-hydroxylation sites is 2. The zero-order chi connectivity index (χ0) is 19.5. The molecule has 2 aromatic carbocycles. The fourth-order valence-corrected chi connectivity index (χ4v) is 3.24. The van der Waals surface area contributed by atoms with E-state index in [1.807, 2.05) is 42.6 Å². The maximum Gasteiger partial charge on any atom is 0.287 e. The van der Waals surface area contributed by atoms with Crippen LogP contribution in [0.3, 0.4) is 0 Å². The molecule has 4 aromatic rings. The quantitative estimate of drug-likeness (QED) is 0.483. The van der Waals surface area contributed by atoms with E-state index < -0.39 is 11.9 Å². The zero-order valence-corrected chi connectivity index (χ0v) is 15.5. The number of carbonyl (C=O) groups excluding carboxylic acids is 2. The van der Waals surface area contributed by atoms with Gasteiger partial charge in [-0.1, -0.05) is 36.4 Å². The van der Waals surface area contributed by atoms with Gasteiger partial charge in [0.15, 0.2) is 5.76 Å². The van der Waals surface area contributed by atoms with E-state index in [0.29, 0.717) is 18.5 Å². The fraction of sp³-hybridized carbons (Fsp3) is 0.182. The third-order valence-electron chi connectivity index (χ3n) is 4.76. The van der Waals surface area contributed by atoms with Gasteiger partial charge in [-0.05, 0) is 37.1 Å². The lowest BCUT2D eigenvalue weighted by atomic mass is 10.1. The van der Waals surface area contributed by atoms with Crippen molar-refractivity contribution < 1.29 is 14.0 Å². The van der Waals surface area contributed by atoms with Gasteiger partial charge in [-0.15, -0.1) is 0 Å². The number of nitrogens with one attached hydrogen (secondary N) is 3. The minimum atomic E-state index is -0.663. The monoisotopic (exact) mass is 375 g/mol. The Bertz CT molecular complexity index is 1110. The molecule has 1 atom stereocenters. The Morgan fingerprint density at radius 1 is 1.11 bits per heavy atom. The average Bonchev–Trinajstić information content (AvgIpc) is 3.32. The van der Waals surface area contributed by atoms with Crippen LogP contribution in [0, 0.1) is 0 Å². The summed E-state index contributed by atoms with van der Waals surface area (Å²) < 4.78 is 5.53. The topological polar surface area (TPSA) is 87.1 Å². The average molecular weight is 375 g/mol. The molecule has 3 N–H and O–H groups in total.